The fourth-order valence-corrected chi connectivity index (χ4v) is 3.54. The van der Waals surface area contributed by atoms with Crippen molar-refractivity contribution in [2.24, 2.45) is 0 Å². The highest BCUT2D eigenvalue weighted by Crippen LogP contribution is 2.31. The van der Waals surface area contributed by atoms with Crippen LogP contribution in [-0.4, -0.2) is 57.2 Å². The zero-order valence-corrected chi connectivity index (χ0v) is 15.3. The summed E-state index contributed by atoms with van der Waals surface area (Å²) in [6, 6.07) is 7.87. The second-order valence-corrected chi connectivity index (χ2v) is 6.77. The lowest BCUT2D eigenvalue weighted by atomic mass is 10.0. The van der Waals surface area contributed by atoms with E-state index in [0.29, 0.717) is 23.4 Å². The first kappa shape index (κ1) is 18.2. The molecule has 3 aromatic heterocycles. The molecule has 0 aliphatic carbocycles. The van der Waals surface area contributed by atoms with E-state index >= 15 is 0 Å². The zero-order chi connectivity index (χ0) is 19.5. The molecule has 0 saturated carbocycles. The fourth-order valence-electron chi connectivity index (χ4n) is 3.54. The van der Waals surface area contributed by atoms with Crippen LogP contribution >= 0.6 is 0 Å². The van der Waals surface area contributed by atoms with Gasteiger partial charge in [-0.3, -0.25) is 0 Å². The Morgan fingerprint density at radius 1 is 1.32 bits per heavy atom. The number of fused-ring (bicyclic) bond motifs is 1. The Morgan fingerprint density at radius 3 is 2.93 bits per heavy atom. The quantitative estimate of drug-likeness (QED) is 0.693. The maximum absolute atomic E-state index is 9.89. The van der Waals surface area contributed by atoms with Crippen LogP contribution in [0.25, 0.3) is 16.6 Å². The van der Waals surface area contributed by atoms with E-state index in [1.54, 1.807) is 16.9 Å². The van der Waals surface area contributed by atoms with Crippen molar-refractivity contribution in [1.29, 1.82) is 5.26 Å². The van der Waals surface area contributed by atoms with Gasteiger partial charge in [-0.2, -0.15) is 10.4 Å². The third kappa shape index (κ3) is 3.50. The largest absolute Gasteiger partial charge is 0.490 e. The lowest BCUT2D eigenvalue weighted by Gasteiger charge is -2.31. The summed E-state index contributed by atoms with van der Waals surface area (Å²) >= 11 is 0. The van der Waals surface area contributed by atoms with Gasteiger partial charge in [0.2, 0.25) is 0 Å². The number of rotatable bonds is 5. The maximum atomic E-state index is 9.89. The van der Waals surface area contributed by atoms with Crippen LogP contribution in [0, 0.1) is 11.3 Å². The average Bonchev–Trinajstić information content (AvgIpc) is 3.15. The van der Waals surface area contributed by atoms with E-state index < -0.39 is 0 Å². The van der Waals surface area contributed by atoms with Crippen molar-refractivity contribution in [2.75, 3.05) is 31.2 Å². The number of pyridine rings is 2. The number of β-amino-alcohol motifs (C(OH)–C–C–N with tert-alkyl or cyclic N) is 1. The number of hydrogen-bond acceptors (Lipinski definition) is 7. The molecule has 1 aliphatic rings. The van der Waals surface area contributed by atoms with E-state index in [4.69, 9.17) is 9.84 Å². The van der Waals surface area contributed by atoms with E-state index in [-0.39, 0.29) is 19.3 Å². The van der Waals surface area contributed by atoms with E-state index in [0.717, 1.165) is 36.3 Å². The van der Waals surface area contributed by atoms with Gasteiger partial charge < -0.3 is 19.8 Å². The molecule has 28 heavy (non-hydrogen) atoms. The van der Waals surface area contributed by atoms with E-state index in [1.165, 1.54) is 6.20 Å². The molecule has 1 fully saturated rings. The summed E-state index contributed by atoms with van der Waals surface area (Å²) in [4.78, 5) is 6.65. The SMILES string of the molecule is N#Cc1cnn2cc(OCCO)cc(-c3ccc(N4CCCC(O)C4)nc3)c12. The molecule has 2 N–H and O–H groups in total. The molecular formula is C20H21N5O3. The predicted octanol–water partition coefficient (Wildman–Crippen LogP) is 1.60. The summed E-state index contributed by atoms with van der Waals surface area (Å²) in [6.07, 6.45) is 6.41. The van der Waals surface area contributed by atoms with Gasteiger partial charge in [0.1, 0.15) is 24.2 Å². The monoisotopic (exact) mass is 379 g/mol. The molecule has 0 aromatic carbocycles. The first-order chi connectivity index (χ1) is 13.7. The Bertz CT molecular complexity index is 1010. The van der Waals surface area contributed by atoms with Gasteiger partial charge in [-0.1, -0.05) is 0 Å². The van der Waals surface area contributed by atoms with E-state index in [2.05, 4.69) is 21.1 Å². The van der Waals surface area contributed by atoms with Crippen LogP contribution in [0.3, 0.4) is 0 Å². The maximum Gasteiger partial charge on any atom is 0.138 e. The molecule has 8 heteroatoms. The average molecular weight is 379 g/mol. The second kappa shape index (κ2) is 7.84. The summed E-state index contributed by atoms with van der Waals surface area (Å²) < 4.78 is 7.16. The van der Waals surface area contributed by atoms with Crippen molar-refractivity contribution in [2.45, 2.75) is 18.9 Å². The summed E-state index contributed by atoms with van der Waals surface area (Å²) in [5.74, 6) is 1.37. The molecule has 1 saturated heterocycles. The molecule has 0 radical (unpaired) electrons. The van der Waals surface area contributed by atoms with Crippen molar-refractivity contribution < 1.29 is 14.9 Å². The van der Waals surface area contributed by atoms with Gasteiger partial charge in [0, 0.05) is 30.4 Å². The fraction of sp³-hybridized carbons (Fsp3) is 0.350. The van der Waals surface area contributed by atoms with Gasteiger partial charge in [-0.15, -0.1) is 0 Å². The van der Waals surface area contributed by atoms with Crippen LogP contribution in [0.15, 0.2) is 36.8 Å². The molecular weight excluding hydrogens is 358 g/mol. The van der Waals surface area contributed by atoms with Crippen LogP contribution in [0.2, 0.25) is 0 Å². The highest BCUT2D eigenvalue weighted by Gasteiger charge is 2.19. The van der Waals surface area contributed by atoms with Gasteiger partial charge >= 0.3 is 0 Å². The Kier molecular flexibility index (Phi) is 5.10. The number of anilines is 1. The standard InChI is InChI=1S/C20H21N5O3/c21-9-15-11-23-25-13-17(28-7-6-26)8-18(20(15)25)14-3-4-19(22-10-14)24-5-1-2-16(27)12-24/h3-4,8,10-11,13,16,26-27H,1-2,5-7,12H2. The number of ether oxygens (including phenoxy) is 1. The number of nitriles is 1. The van der Waals surface area contributed by atoms with Gasteiger partial charge in [-0.25, -0.2) is 9.50 Å². The third-order valence-electron chi connectivity index (χ3n) is 4.85. The van der Waals surface area contributed by atoms with Crippen molar-refractivity contribution in [3.8, 4) is 22.9 Å². The molecule has 0 amide bonds. The summed E-state index contributed by atoms with van der Waals surface area (Å²) in [5, 5.41) is 32.6. The van der Waals surface area contributed by atoms with Gasteiger partial charge in [-0.05, 0) is 31.0 Å². The number of hydrogen-bond donors (Lipinski definition) is 2. The summed E-state index contributed by atoms with van der Waals surface area (Å²) in [5.41, 5.74) is 2.76. The van der Waals surface area contributed by atoms with Crippen LogP contribution in [0.4, 0.5) is 5.82 Å². The van der Waals surface area contributed by atoms with Crippen molar-refractivity contribution in [1.82, 2.24) is 14.6 Å². The van der Waals surface area contributed by atoms with Gasteiger partial charge in [0.05, 0.1) is 36.2 Å². The summed E-state index contributed by atoms with van der Waals surface area (Å²) in [7, 11) is 0. The lowest BCUT2D eigenvalue weighted by Crippen LogP contribution is -2.38. The Hall–Kier alpha value is -3.15. The molecule has 0 spiro atoms. The smallest absolute Gasteiger partial charge is 0.138 e. The minimum atomic E-state index is -0.319. The van der Waals surface area contributed by atoms with Gasteiger partial charge in [0.25, 0.3) is 0 Å². The van der Waals surface area contributed by atoms with Crippen LogP contribution < -0.4 is 9.64 Å². The molecule has 1 unspecified atom stereocenters. The number of nitrogens with zero attached hydrogens (tertiary/aromatic N) is 5. The lowest BCUT2D eigenvalue weighted by molar-refractivity contribution is 0.154. The van der Waals surface area contributed by atoms with Crippen LogP contribution in [-0.2, 0) is 0 Å². The zero-order valence-electron chi connectivity index (χ0n) is 15.3. The number of piperidine rings is 1. The number of aromatic nitrogens is 3. The second-order valence-electron chi connectivity index (χ2n) is 6.77. The normalized spacial score (nSPS) is 16.9. The van der Waals surface area contributed by atoms with Crippen molar-refractivity contribution in [3.05, 3.63) is 42.4 Å². The first-order valence-corrected chi connectivity index (χ1v) is 9.24. The molecule has 8 nitrogen and oxygen atoms in total. The van der Waals surface area contributed by atoms with Gasteiger partial charge in [0.15, 0.2) is 0 Å². The predicted molar refractivity (Wildman–Crippen MR) is 103 cm³/mol. The Balaban J connectivity index is 1.72. The number of aliphatic hydroxyl groups excluding tert-OH is 2. The Labute approximate surface area is 162 Å². The summed E-state index contributed by atoms with van der Waals surface area (Å²) in [6.45, 7) is 1.54. The van der Waals surface area contributed by atoms with E-state index in [1.807, 2.05) is 18.2 Å². The van der Waals surface area contributed by atoms with Crippen LogP contribution in [0.1, 0.15) is 18.4 Å². The molecule has 144 valence electrons. The minimum Gasteiger partial charge on any atom is -0.490 e. The third-order valence-corrected chi connectivity index (χ3v) is 4.85. The molecule has 3 aromatic rings. The van der Waals surface area contributed by atoms with Crippen LogP contribution in [0.5, 0.6) is 5.75 Å². The van der Waals surface area contributed by atoms with E-state index in [9.17, 15) is 10.4 Å². The first-order valence-electron chi connectivity index (χ1n) is 9.24. The highest BCUT2D eigenvalue weighted by atomic mass is 16.5. The molecule has 0 bridgehead atoms. The van der Waals surface area contributed by atoms with Crippen molar-refractivity contribution in [3.63, 3.8) is 0 Å². The molecule has 1 atom stereocenters. The highest BCUT2D eigenvalue weighted by molar-refractivity contribution is 5.85. The number of aliphatic hydroxyl groups is 2. The topological polar surface area (TPSA) is 107 Å². The van der Waals surface area contributed by atoms with Crippen molar-refractivity contribution >= 4 is 11.3 Å². The molecule has 1 aliphatic heterocycles. The Morgan fingerprint density at radius 2 is 2.21 bits per heavy atom. The molecule has 4 rings (SSSR count). The molecule has 4 heterocycles. The minimum absolute atomic E-state index is 0.0894.